The van der Waals surface area contributed by atoms with Gasteiger partial charge in [-0.05, 0) is 125 Å². The summed E-state index contributed by atoms with van der Waals surface area (Å²) in [4.78, 5) is 2.49. The van der Waals surface area contributed by atoms with Crippen LogP contribution < -0.4 is 4.90 Å². The summed E-state index contributed by atoms with van der Waals surface area (Å²) in [5.41, 5.74) is 12.3. The first-order valence-corrected chi connectivity index (χ1v) is 19.0. The molecule has 240 valence electrons. The highest BCUT2D eigenvalue weighted by Gasteiger charge is 2.56. The van der Waals surface area contributed by atoms with Crippen LogP contribution in [0, 0.1) is 23.7 Å². The highest BCUT2D eigenvalue weighted by atomic mass is 32.1. The van der Waals surface area contributed by atoms with Crippen LogP contribution in [-0.4, -0.2) is 0 Å². The molecule has 0 saturated heterocycles. The fourth-order valence-electron chi connectivity index (χ4n) is 10.7. The molecule has 2 saturated carbocycles. The van der Waals surface area contributed by atoms with Gasteiger partial charge in [0, 0.05) is 42.6 Å². The van der Waals surface area contributed by atoms with Crippen LogP contribution in [0.25, 0.3) is 42.4 Å². The molecule has 1 aromatic heterocycles. The van der Waals surface area contributed by atoms with Crippen LogP contribution in [0.4, 0.5) is 17.1 Å². The second-order valence-corrected chi connectivity index (χ2v) is 16.2. The maximum atomic E-state index is 2.60. The fourth-order valence-corrected chi connectivity index (χ4v) is 11.9. The van der Waals surface area contributed by atoms with E-state index in [4.69, 9.17) is 0 Å². The maximum Gasteiger partial charge on any atom is 0.0467 e. The third kappa shape index (κ3) is 4.36. The van der Waals surface area contributed by atoms with E-state index in [1.807, 2.05) is 11.3 Å². The topological polar surface area (TPSA) is 3.24 Å². The van der Waals surface area contributed by atoms with E-state index in [1.54, 1.807) is 11.1 Å². The first-order chi connectivity index (χ1) is 24.1. The summed E-state index contributed by atoms with van der Waals surface area (Å²) in [6, 6.07) is 52.6. The summed E-state index contributed by atoms with van der Waals surface area (Å²) in [5, 5.41) is 2.68. The van der Waals surface area contributed by atoms with E-state index in [9.17, 15) is 0 Å². The molecule has 2 fully saturated rings. The zero-order chi connectivity index (χ0) is 32.7. The molecule has 3 aliphatic rings. The molecule has 1 heterocycles. The van der Waals surface area contributed by atoms with Crippen molar-refractivity contribution >= 4 is 48.6 Å². The minimum absolute atomic E-state index is 0.0636. The SMILES string of the molecule is C[C@H]1C[C@@H]2C[C@H](C1)C1(c3ccccc3-c3ccc(N(c4ccccc4)c4cccc(-c5cccc6c5sc5ccccc56)c4)cc31)[C@H](C)C2. The third-order valence-corrected chi connectivity index (χ3v) is 13.6. The van der Waals surface area contributed by atoms with Gasteiger partial charge >= 0.3 is 0 Å². The number of hydrogen-bond acceptors (Lipinski definition) is 2. The molecule has 0 N–H and O–H groups in total. The standard InChI is InChI=1S/C47H41NS/c1-30-24-32-26-31(2)47(34(25-30)27-32)43-20-8-6-16-39(43)40-23-22-37(29-44(40)47)48(35-13-4-3-5-14-35)36-15-10-12-33(28-36)38-18-11-19-42-41-17-7-9-21-45(41)49-46(38)42/h3-23,28-32,34H,24-27H2,1-2H3/t30-,31+,32-,34-,47?/m0/s1. The molecule has 0 aliphatic heterocycles. The summed E-state index contributed by atoms with van der Waals surface area (Å²) in [5.74, 6) is 2.94. The predicted octanol–water partition coefficient (Wildman–Crippen LogP) is 13.5. The van der Waals surface area contributed by atoms with E-state index in [0.29, 0.717) is 11.8 Å². The van der Waals surface area contributed by atoms with E-state index < -0.39 is 0 Å². The van der Waals surface area contributed by atoms with Gasteiger partial charge in [0.05, 0.1) is 0 Å². The van der Waals surface area contributed by atoms with E-state index in [2.05, 4.69) is 158 Å². The number of anilines is 3. The van der Waals surface area contributed by atoms with Crippen molar-refractivity contribution in [3.8, 4) is 22.3 Å². The van der Waals surface area contributed by atoms with Crippen molar-refractivity contribution in [1.29, 1.82) is 0 Å². The monoisotopic (exact) mass is 651 g/mol. The molecule has 1 unspecified atom stereocenters. The van der Waals surface area contributed by atoms with Crippen LogP contribution in [0.2, 0.25) is 0 Å². The Bertz CT molecular complexity index is 2360. The lowest BCUT2D eigenvalue weighted by atomic mass is 9.49. The average Bonchev–Trinajstić information content (AvgIpc) is 3.65. The van der Waals surface area contributed by atoms with Crippen LogP contribution in [0.5, 0.6) is 0 Å². The highest BCUT2D eigenvalue weighted by molar-refractivity contribution is 7.26. The van der Waals surface area contributed by atoms with Gasteiger partial charge in [-0.15, -0.1) is 11.3 Å². The van der Waals surface area contributed by atoms with Crippen molar-refractivity contribution in [2.75, 3.05) is 4.90 Å². The van der Waals surface area contributed by atoms with Crippen LogP contribution in [0.3, 0.4) is 0 Å². The summed E-state index contributed by atoms with van der Waals surface area (Å²) >= 11 is 1.90. The molecule has 3 aliphatic carbocycles. The molecule has 2 bridgehead atoms. The molecule has 10 rings (SSSR count). The molecular formula is C47H41NS. The molecule has 0 amide bonds. The van der Waals surface area contributed by atoms with Crippen molar-refractivity contribution < 1.29 is 0 Å². The lowest BCUT2D eigenvalue weighted by Crippen LogP contribution is -2.49. The van der Waals surface area contributed by atoms with Crippen molar-refractivity contribution in [1.82, 2.24) is 0 Å². The van der Waals surface area contributed by atoms with E-state index >= 15 is 0 Å². The van der Waals surface area contributed by atoms with Gasteiger partial charge in [-0.2, -0.15) is 0 Å². The average molecular weight is 652 g/mol. The number of fused-ring (bicyclic) bond motifs is 11. The van der Waals surface area contributed by atoms with E-state index in [0.717, 1.165) is 11.8 Å². The summed E-state index contributed by atoms with van der Waals surface area (Å²) in [6.45, 7) is 5.07. The number of thiophene rings is 1. The Morgan fingerprint density at radius 1 is 0.551 bits per heavy atom. The Kier molecular flexibility index (Phi) is 6.68. The molecule has 2 heteroatoms. The molecule has 5 atom stereocenters. The zero-order valence-corrected chi connectivity index (χ0v) is 29.1. The third-order valence-electron chi connectivity index (χ3n) is 12.4. The molecule has 0 radical (unpaired) electrons. The number of hydrogen-bond donors (Lipinski definition) is 0. The van der Waals surface area contributed by atoms with Gasteiger partial charge in [-0.25, -0.2) is 0 Å². The Morgan fingerprint density at radius 3 is 2.18 bits per heavy atom. The molecule has 6 aromatic carbocycles. The van der Waals surface area contributed by atoms with Crippen LogP contribution in [0.15, 0.2) is 140 Å². The Hall–Kier alpha value is -4.66. The Labute approximate surface area is 293 Å². The van der Waals surface area contributed by atoms with Gasteiger partial charge in [0.1, 0.15) is 0 Å². The number of rotatable bonds is 4. The van der Waals surface area contributed by atoms with Crippen LogP contribution in [-0.2, 0) is 5.41 Å². The quantitative estimate of drug-likeness (QED) is 0.183. The first kappa shape index (κ1) is 29.3. The van der Waals surface area contributed by atoms with E-state index in [1.165, 1.54) is 85.2 Å². The van der Waals surface area contributed by atoms with Gasteiger partial charge in [0.2, 0.25) is 0 Å². The minimum atomic E-state index is 0.0636. The number of nitrogens with zero attached hydrogens (tertiary/aromatic N) is 1. The van der Waals surface area contributed by atoms with Crippen molar-refractivity contribution in [3.05, 3.63) is 151 Å². The molecule has 1 nitrogen and oxygen atoms in total. The van der Waals surface area contributed by atoms with Crippen molar-refractivity contribution in [2.45, 2.75) is 44.9 Å². The van der Waals surface area contributed by atoms with Gasteiger partial charge in [-0.3, -0.25) is 0 Å². The Balaban J connectivity index is 1.16. The smallest absolute Gasteiger partial charge is 0.0467 e. The van der Waals surface area contributed by atoms with E-state index in [-0.39, 0.29) is 5.41 Å². The van der Waals surface area contributed by atoms with Gasteiger partial charge in [-0.1, -0.05) is 111 Å². The van der Waals surface area contributed by atoms with Crippen LogP contribution in [0.1, 0.15) is 50.7 Å². The zero-order valence-electron chi connectivity index (χ0n) is 28.3. The predicted molar refractivity (Wildman–Crippen MR) is 209 cm³/mol. The second-order valence-electron chi connectivity index (χ2n) is 15.2. The minimum Gasteiger partial charge on any atom is -0.310 e. The molecule has 1 spiro atoms. The normalized spacial score (nSPS) is 23.9. The van der Waals surface area contributed by atoms with Gasteiger partial charge in [0.15, 0.2) is 0 Å². The highest BCUT2D eigenvalue weighted by Crippen LogP contribution is 2.65. The van der Waals surface area contributed by atoms with Gasteiger partial charge in [0.25, 0.3) is 0 Å². The summed E-state index contributed by atoms with van der Waals surface area (Å²) < 4.78 is 2.70. The summed E-state index contributed by atoms with van der Waals surface area (Å²) in [7, 11) is 0. The van der Waals surface area contributed by atoms with Gasteiger partial charge < -0.3 is 4.90 Å². The molecular weight excluding hydrogens is 611 g/mol. The second kappa shape index (κ2) is 11.2. The fraction of sp³-hybridized carbons (Fsp3) is 0.234. The lowest BCUT2D eigenvalue weighted by Gasteiger charge is -2.54. The summed E-state index contributed by atoms with van der Waals surface area (Å²) in [6.07, 6.45) is 5.42. The maximum absolute atomic E-state index is 2.60. The largest absolute Gasteiger partial charge is 0.310 e. The van der Waals surface area contributed by atoms with Crippen molar-refractivity contribution in [2.24, 2.45) is 23.7 Å². The number of benzene rings is 6. The lowest BCUT2D eigenvalue weighted by molar-refractivity contribution is 0.0426. The molecule has 49 heavy (non-hydrogen) atoms. The van der Waals surface area contributed by atoms with Crippen molar-refractivity contribution in [3.63, 3.8) is 0 Å². The first-order valence-electron chi connectivity index (χ1n) is 18.2. The number of para-hydroxylation sites is 1. The Morgan fingerprint density at radius 2 is 1.27 bits per heavy atom. The molecule has 7 aromatic rings. The van der Waals surface area contributed by atoms with Crippen LogP contribution >= 0.6 is 11.3 Å².